The molecule has 2 N–H and O–H groups in total. The number of carbonyl (C=O) groups excluding carboxylic acids is 1. The van der Waals surface area contributed by atoms with Gasteiger partial charge in [0.15, 0.2) is 0 Å². The third-order valence-electron chi connectivity index (χ3n) is 3.79. The molecule has 0 aromatic rings. The van der Waals surface area contributed by atoms with Crippen LogP contribution in [-0.4, -0.2) is 37.0 Å². The van der Waals surface area contributed by atoms with Gasteiger partial charge in [-0.2, -0.15) is 11.8 Å². The van der Waals surface area contributed by atoms with E-state index in [0.29, 0.717) is 6.42 Å². The summed E-state index contributed by atoms with van der Waals surface area (Å²) in [6.07, 6.45) is 5.60. The van der Waals surface area contributed by atoms with Gasteiger partial charge in [0.05, 0.1) is 0 Å². The van der Waals surface area contributed by atoms with E-state index in [1.165, 1.54) is 30.8 Å². The Morgan fingerprint density at radius 1 is 1.35 bits per heavy atom. The average Bonchev–Trinajstić information content (AvgIpc) is 2.88. The molecule has 1 amide bonds. The quantitative estimate of drug-likeness (QED) is 0.785. The lowest BCUT2D eigenvalue weighted by atomic mass is 9.94. The van der Waals surface area contributed by atoms with E-state index in [4.69, 9.17) is 0 Å². The Hall–Kier alpha value is -0.220. The maximum Gasteiger partial charge on any atom is 0.220 e. The van der Waals surface area contributed by atoms with Crippen molar-refractivity contribution in [3.05, 3.63) is 0 Å². The summed E-state index contributed by atoms with van der Waals surface area (Å²) in [6, 6.07) is 0. The lowest BCUT2D eigenvalue weighted by molar-refractivity contribution is -0.121. The van der Waals surface area contributed by atoms with Crippen molar-refractivity contribution in [2.24, 2.45) is 11.8 Å². The SMILES string of the molecule is O=C(CCC1CCCNC1)NCC1CCSC1. The Morgan fingerprint density at radius 3 is 3.00 bits per heavy atom. The summed E-state index contributed by atoms with van der Waals surface area (Å²) in [5.74, 6) is 4.20. The molecule has 3 nitrogen and oxygen atoms in total. The summed E-state index contributed by atoms with van der Waals surface area (Å²) in [7, 11) is 0. The molecule has 2 unspecified atom stereocenters. The second kappa shape index (κ2) is 7.27. The fourth-order valence-electron chi connectivity index (χ4n) is 2.60. The van der Waals surface area contributed by atoms with Gasteiger partial charge in [0.2, 0.25) is 5.91 Å². The van der Waals surface area contributed by atoms with Crippen LogP contribution in [0.15, 0.2) is 0 Å². The van der Waals surface area contributed by atoms with E-state index < -0.39 is 0 Å². The van der Waals surface area contributed by atoms with Gasteiger partial charge < -0.3 is 10.6 Å². The van der Waals surface area contributed by atoms with Crippen molar-refractivity contribution in [1.29, 1.82) is 0 Å². The monoisotopic (exact) mass is 256 g/mol. The van der Waals surface area contributed by atoms with Gasteiger partial charge in [-0.3, -0.25) is 4.79 Å². The van der Waals surface area contributed by atoms with E-state index in [-0.39, 0.29) is 5.91 Å². The summed E-state index contributed by atoms with van der Waals surface area (Å²) < 4.78 is 0. The van der Waals surface area contributed by atoms with E-state index in [1.54, 1.807) is 0 Å². The van der Waals surface area contributed by atoms with Gasteiger partial charge in [-0.05, 0) is 62.1 Å². The fraction of sp³-hybridized carbons (Fsp3) is 0.923. The number of carbonyl (C=O) groups is 1. The molecule has 2 aliphatic heterocycles. The summed E-state index contributed by atoms with van der Waals surface area (Å²) in [5.41, 5.74) is 0. The van der Waals surface area contributed by atoms with Crippen LogP contribution in [-0.2, 0) is 4.79 Å². The highest BCUT2D eigenvalue weighted by Gasteiger charge is 2.17. The lowest BCUT2D eigenvalue weighted by Crippen LogP contribution is -2.32. The molecule has 0 saturated carbocycles. The van der Waals surface area contributed by atoms with Gasteiger partial charge >= 0.3 is 0 Å². The number of piperidine rings is 1. The summed E-state index contributed by atoms with van der Waals surface area (Å²) in [4.78, 5) is 11.7. The predicted molar refractivity (Wildman–Crippen MR) is 73.3 cm³/mol. The third-order valence-corrected chi connectivity index (χ3v) is 5.02. The molecular formula is C13H24N2OS. The standard InChI is InChI=1S/C13H24N2OS/c16-13(15-9-12-5-7-17-10-12)4-3-11-2-1-6-14-8-11/h11-12,14H,1-10H2,(H,15,16). The Morgan fingerprint density at radius 2 is 2.29 bits per heavy atom. The first-order valence-electron chi connectivity index (χ1n) is 6.90. The summed E-state index contributed by atoms with van der Waals surface area (Å²) in [5, 5.41) is 6.49. The van der Waals surface area contributed by atoms with Crippen LogP contribution in [0.25, 0.3) is 0 Å². The van der Waals surface area contributed by atoms with E-state index in [0.717, 1.165) is 37.9 Å². The van der Waals surface area contributed by atoms with Gasteiger partial charge in [-0.15, -0.1) is 0 Å². The minimum atomic E-state index is 0.257. The molecule has 2 saturated heterocycles. The minimum Gasteiger partial charge on any atom is -0.356 e. The Balaban J connectivity index is 1.53. The van der Waals surface area contributed by atoms with Crippen LogP contribution in [0.3, 0.4) is 0 Å². The first-order chi connectivity index (χ1) is 8.34. The first kappa shape index (κ1) is 13.2. The molecule has 0 aromatic heterocycles. The van der Waals surface area contributed by atoms with E-state index in [9.17, 15) is 4.79 Å². The topological polar surface area (TPSA) is 41.1 Å². The molecule has 0 aliphatic carbocycles. The van der Waals surface area contributed by atoms with Gasteiger partial charge in [-0.25, -0.2) is 0 Å². The van der Waals surface area contributed by atoms with Crippen molar-refractivity contribution in [1.82, 2.24) is 10.6 Å². The van der Waals surface area contributed by atoms with Crippen LogP contribution in [0.4, 0.5) is 0 Å². The maximum absolute atomic E-state index is 11.7. The summed E-state index contributed by atoms with van der Waals surface area (Å²) >= 11 is 2.01. The number of hydrogen-bond donors (Lipinski definition) is 2. The van der Waals surface area contributed by atoms with Crippen molar-refractivity contribution in [3.8, 4) is 0 Å². The normalized spacial score (nSPS) is 29.2. The number of nitrogens with one attached hydrogen (secondary N) is 2. The second-order valence-electron chi connectivity index (χ2n) is 5.28. The molecule has 4 heteroatoms. The molecule has 2 rings (SSSR count). The van der Waals surface area contributed by atoms with Crippen LogP contribution < -0.4 is 10.6 Å². The van der Waals surface area contributed by atoms with Gasteiger partial charge in [0.25, 0.3) is 0 Å². The van der Waals surface area contributed by atoms with Crippen LogP contribution in [0.1, 0.15) is 32.1 Å². The maximum atomic E-state index is 11.7. The molecule has 2 aliphatic rings. The summed E-state index contributed by atoms with van der Waals surface area (Å²) in [6.45, 7) is 3.16. The molecule has 2 atom stereocenters. The Labute approximate surface area is 108 Å². The van der Waals surface area contributed by atoms with E-state index >= 15 is 0 Å². The van der Waals surface area contributed by atoms with E-state index in [1.807, 2.05) is 11.8 Å². The zero-order chi connectivity index (χ0) is 11.9. The van der Waals surface area contributed by atoms with Gasteiger partial charge in [-0.1, -0.05) is 0 Å². The van der Waals surface area contributed by atoms with Crippen LogP contribution in [0, 0.1) is 11.8 Å². The molecule has 98 valence electrons. The van der Waals surface area contributed by atoms with E-state index in [2.05, 4.69) is 10.6 Å². The third kappa shape index (κ3) is 4.88. The fourth-order valence-corrected chi connectivity index (χ4v) is 3.88. The van der Waals surface area contributed by atoms with Crippen LogP contribution in [0.5, 0.6) is 0 Å². The largest absolute Gasteiger partial charge is 0.356 e. The molecule has 0 radical (unpaired) electrons. The zero-order valence-electron chi connectivity index (χ0n) is 10.5. The number of thioether (sulfide) groups is 1. The first-order valence-corrected chi connectivity index (χ1v) is 8.05. The average molecular weight is 256 g/mol. The minimum absolute atomic E-state index is 0.257. The lowest BCUT2D eigenvalue weighted by Gasteiger charge is -2.22. The smallest absolute Gasteiger partial charge is 0.220 e. The molecule has 2 fully saturated rings. The Kier molecular flexibility index (Phi) is 5.65. The number of hydrogen-bond acceptors (Lipinski definition) is 3. The highest BCUT2D eigenvalue weighted by atomic mass is 32.2. The number of amides is 1. The number of rotatable bonds is 5. The van der Waals surface area contributed by atoms with Gasteiger partial charge in [0, 0.05) is 13.0 Å². The van der Waals surface area contributed by atoms with Crippen molar-refractivity contribution in [3.63, 3.8) is 0 Å². The van der Waals surface area contributed by atoms with Gasteiger partial charge in [0.1, 0.15) is 0 Å². The van der Waals surface area contributed by atoms with Crippen LogP contribution in [0.2, 0.25) is 0 Å². The molecule has 17 heavy (non-hydrogen) atoms. The molecular weight excluding hydrogens is 232 g/mol. The van der Waals surface area contributed by atoms with Crippen LogP contribution >= 0.6 is 11.8 Å². The second-order valence-corrected chi connectivity index (χ2v) is 6.43. The molecule has 2 heterocycles. The molecule has 0 spiro atoms. The van der Waals surface area contributed by atoms with Crippen molar-refractivity contribution < 1.29 is 4.79 Å². The highest BCUT2D eigenvalue weighted by molar-refractivity contribution is 7.99. The van der Waals surface area contributed by atoms with Crippen molar-refractivity contribution in [2.75, 3.05) is 31.1 Å². The molecule has 0 aromatic carbocycles. The van der Waals surface area contributed by atoms with Crippen molar-refractivity contribution in [2.45, 2.75) is 32.1 Å². The highest BCUT2D eigenvalue weighted by Crippen LogP contribution is 2.22. The molecule has 0 bridgehead atoms. The Bertz CT molecular complexity index is 236. The van der Waals surface area contributed by atoms with Crippen molar-refractivity contribution >= 4 is 17.7 Å². The predicted octanol–water partition coefficient (Wildman–Crippen LogP) is 1.64. The zero-order valence-corrected chi connectivity index (χ0v) is 11.4.